The topological polar surface area (TPSA) is 75.4 Å². The molecule has 1 aromatic carbocycles. The minimum atomic E-state index is -0.515. The molecule has 2 amide bonds. The van der Waals surface area contributed by atoms with Crippen LogP contribution >= 0.6 is 0 Å². The Morgan fingerprint density at radius 2 is 1.97 bits per heavy atom. The zero-order chi connectivity index (χ0) is 24.5. The maximum atomic E-state index is 13.7. The first-order valence-corrected chi connectivity index (χ1v) is 12.2. The molecule has 3 heterocycles. The maximum Gasteiger partial charge on any atom is 0.290 e. The molecule has 6 heteroatoms. The minimum Gasteiger partial charge on any atom is -0.451 e. The van der Waals surface area contributed by atoms with E-state index >= 15 is 0 Å². The smallest absolute Gasteiger partial charge is 0.290 e. The number of pyridine rings is 1. The molecule has 0 saturated carbocycles. The van der Waals surface area contributed by atoms with Crippen LogP contribution in [0.15, 0.2) is 47.0 Å². The van der Waals surface area contributed by atoms with Gasteiger partial charge in [-0.25, -0.2) is 0 Å². The van der Waals surface area contributed by atoms with Gasteiger partial charge in [0.2, 0.25) is 5.91 Å². The molecule has 1 fully saturated rings. The van der Waals surface area contributed by atoms with Gasteiger partial charge in [-0.05, 0) is 63.8 Å². The number of rotatable bonds is 5. The van der Waals surface area contributed by atoms with E-state index in [1.807, 2.05) is 69.9 Å². The van der Waals surface area contributed by atoms with Crippen molar-refractivity contribution >= 4 is 22.8 Å². The molecule has 1 saturated heterocycles. The third kappa shape index (κ3) is 5.01. The van der Waals surface area contributed by atoms with Crippen molar-refractivity contribution < 1.29 is 14.0 Å². The van der Waals surface area contributed by atoms with Crippen LogP contribution in [0.4, 0.5) is 0 Å². The molecule has 0 aliphatic carbocycles. The summed E-state index contributed by atoms with van der Waals surface area (Å²) in [5.41, 5.74) is 3.06. The predicted molar refractivity (Wildman–Crippen MR) is 134 cm³/mol. The fraction of sp³-hybridized carbons (Fsp3) is 0.464. The molecule has 2 unspecified atom stereocenters. The minimum absolute atomic E-state index is 0.0112. The molecular formula is C28H35N3O3. The van der Waals surface area contributed by atoms with Crippen molar-refractivity contribution in [3.8, 4) is 0 Å². The monoisotopic (exact) mass is 461 g/mol. The van der Waals surface area contributed by atoms with E-state index in [1.165, 1.54) is 0 Å². The SMILES string of the molecule is Cc1ccc2oc(C(=O)N3CCCCC3CC(NC(=O)C(C)(C)C)c3ccccn3)c(C)c2c1. The van der Waals surface area contributed by atoms with Crippen molar-refractivity contribution in [3.63, 3.8) is 0 Å². The number of carbonyl (C=O) groups is 2. The Kier molecular flexibility index (Phi) is 6.78. The van der Waals surface area contributed by atoms with Gasteiger partial charge in [-0.1, -0.05) is 38.5 Å². The van der Waals surface area contributed by atoms with Crippen molar-refractivity contribution in [1.29, 1.82) is 0 Å². The number of likely N-dealkylation sites (tertiary alicyclic amines) is 1. The lowest BCUT2D eigenvalue weighted by atomic mass is 9.91. The highest BCUT2D eigenvalue weighted by molar-refractivity contribution is 5.99. The number of amides is 2. The summed E-state index contributed by atoms with van der Waals surface area (Å²) in [7, 11) is 0. The first-order valence-electron chi connectivity index (χ1n) is 12.2. The molecule has 1 N–H and O–H groups in total. The number of hydrogen-bond donors (Lipinski definition) is 1. The zero-order valence-corrected chi connectivity index (χ0v) is 20.9. The third-order valence-corrected chi connectivity index (χ3v) is 6.71. The highest BCUT2D eigenvalue weighted by Crippen LogP contribution is 2.32. The van der Waals surface area contributed by atoms with E-state index in [2.05, 4.69) is 16.4 Å². The van der Waals surface area contributed by atoms with E-state index in [0.29, 0.717) is 18.7 Å². The van der Waals surface area contributed by atoms with Gasteiger partial charge < -0.3 is 14.6 Å². The summed E-state index contributed by atoms with van der Waals surface area (Å²) in [4.78, 5) is 33.0. The number of piperidine rings is 1. The van der Waals surface area contributed by atoms with Gasteiger partial charge in [0.15, 0.2) is 5.76 Å². The van der Waals surface area contributed by atoms with E-state index in [4.69, 9.17) is 4.42 Å². The van der Waals surface area contributed by atoms with Crippen LogP contribution in [0.1, 0.15) is 79.9 Å². The number of nitrogens with one attached hydrogen (secondary N) is 1. The molecule has 1 aliphatic heterocycles. The fourth-order valence-electron chi connectivity index (χ4n) is 4.66. The van der Waals surface area contributed by atoms with Crippen molar-refractivity contribution in [2.75, 3.05) is 6.54 Å². The molecular weight excluding hydrogens is 426 g/mol. The molecule has 1 aliphatic rings. The quantitative estimate of drug-likeness (QED) is 0.526. The lowest BCUT2D eigenvalue weighted by Crippen LogP contribution is -2.47. The van der Waals surface area contributed by atoms with Crippen molar-refractivity contribution in [2.24, 2.45) is 5.41 Å². The second-order valence-corrected chi connectivity index (χ2v) is 10.5. The number of aryl methyl sites for hydroxylation is 2. The molecule has 180 valence electrons. The summed E-state index contributed by atoms with van der Waals surface area (Å²) >= 11 is 0. The number of fused-ring (bicyclic) bond motifs is 1. The van der Waals surface area contributed by atoms with Gasteiger partial charge >= 0.3 is 0 Å². The van der Waals surface area contributed by atoms with E-state index in [9.17, 15) is 9.59 Å². The molecule has 3 aromatic rings. The van der Waals surface area contributed by atoms with Crippen LogP contribution in [0.2, 0.25) is 0 Å². The first kappa shape index (κ1) is 24.0. The van der Waals surface area contributed by atoms with Crippen LogP contribution in [-0.2, 0) is 4.79 Å². The molecule has 4 rings (SSSR count). The summed E-state index contributed by atoms with van der Waals surface area (Å²) in [5, 5.41) is 4.18. The van der Waals surface area contributed by atoms with Gasteiger partial charge in [-0.3, -0.25) is 14.6 Å². The highest BCUT2D eigenvalue weighted by atomic mass is 16.3. The number of furan rings is 1. The van der Waals surface area contributed by atoms with Crippen molar-refractivity contribution in [3.05, 3.63) is 65.2 Å². The van der Waals surface area contributed by atoms with Crippen molar-refractivity contribution in [1.82, 2.24) is 15.2 Å². The predicted octanol–water partition coefficient (Wildman–Crippen LogP) is 5.73. The highest BCUT2D eigenvalue weighted by Gasteiger charge is 2.34. The molecule has 2 atom stereocenters. The molecule has 0 radical (unpaired) electrons. The molecule has 34 heavy (non-hydrogen) atoms. The van der Waals surface area contributed by atoms with Crippen LogP contribution in [0.5, 0.6) is 0 Å². The lowest BCUT2D eigenvalue weighted by Gasteiger charge is -2.37. The van der Waals surface area contributed by atoms with Crippen LogP contribution in [-0.4, -0.2) is 34.3 Å². The van der Waals surface area contributed by atoms with E-state index < -0.39 is 5.41 Å². The number of nitrogens with zero attached hydrogens (tertiary/aromatic N) is 2. The summed E-state index contributed by atoms with van der Waals surface area (Å²) in [6, 6.07) is 11.5. The van der Waals surface area contributed by atoms with Crippen LogP contribution in [0, 0.1) is 19.3 Å². The summed E-state index contributed by atoms with van der Waals surface area (Å²) in [5.74, 6) is 0.318. The largest absolute Gasteiger partial charge is 0.451 e. The third-order valence-electron chi connectivity index (χ3n) is 6.71. The Morgan fingerprint density at radius 3 is 2.68 bits per heavy atom. The fourth-order valence-corrected chi connectivity index (χ4v) is 4.66. The second kappa shape index (κ2) is 9.61. The summed E-state index contributed by atoms with van der Waals surface area (Å²) < 4.78 is 6.04. The van der Waals surface area contributed by atoms with Gasteiger partial charge in [0.25, 0.3) is 5.91 Å². The van der Waals surface area contributed by atoms with Gasteiger partial charge in [-0.2, -0.15) is 0 Å². The Morgan fingerprint density at radius 1 is 1.18 bits per heavy atom. The molecule has 2 aromatic heterocycles. The summed E-state index contributed by atoms with van der Waals surface area (Å²) in [6.07, 6.45) is 5.26. The summed E-state index contributed by atoms with van der Waals surface area (Å²) in [6.45, 7) is 10.4. The molecule has 0 spiro atoms. The van der Waals surface area contributed by atoms with Gasteiger partial charge in [0.1, 0.15) is 5.58 Å². The van der Waals surface area contributed by atoms with Crippen LogP contribution in [0.25, 0.3) is 11.0 Å². The van der Waals surface area contributed by atoms with Crippen LogP contribution in [0.3, 0.4) is 0 Å². The van der Waals surface area contributed by atoms with Gasteiger partial charge in [0, 0.05) is 35.1 Å². The average Bonchev–Trinajstić information content (AvgIpc) is 3.14. The van der Waals surface area contributed by atoms with E-state index in [-0.39, 0.29) is 23.9 Å². The standard InChI is InChI=1S/C28H35N3O3/c1-18-12-13-24-21(16-18)19(2)25(34-24)26(32)31-15-9-7-10-20(31)17-23(22-11-6-8-14-29-22)30-27(33)28(3,4)5/h6,8,11-14,16,20,23H,7,9-10,15,17H2,1-5H3,(H,30,33). The Bertz CT molecular complexity index is 1180. The van der Waals surface area contributed by atoms with E-state index in [1.54, 1.807) is 6.20 Å². The number of hydrogen-bond acceptors (Lipinski definition) is 4. The average molecular weight is 462 g/mol. The zero-order valence-electron chi connectivity index (χ0n) is 20.9. The van der Waals surface area contributed by atoms with Crippen molar-refractivity contribution in [2.45, 2.75) is 72.4 Å². The lowest BCUT2D eigenvalue weighted by molar-refractivity contribution is -0.129. The second-order valence-electron chi connectivity index (χ2n) is 10.5. The van der Waals surface area contributed by atoms with E-state index in [0.717, 1.165) is 47.1 Å². The molecule has 0 bridgehead atoms. The Hall–Kier alpha value is -3.15. The number of benzene rings is 1. The number of aromatic nitrogens is 1. The normalized spacial score (nSPS) is 17.6. The maximum absolute atomic E-state index is 13.7. The number of carbonyl (C=O) groups excluding carboxylic acids is 2. The molecule has 6 nitrogen and oxygen atoms in total. The Balaban J connectivity index is 1.62. The van der Waals surface area contributed by atoms with Crippen LogP contribution < -0.4 is 5.32 Å². The van der Waals surface area contributed by atoms with Gasteiger partial charge in [-0.15, -0.1) is 0 Å². The first-order chi connectivity index (χ1) is 16.1. The van der Waals surface area contributed by atoms with Gasteiger partial charge in [0.05, 0.1) is 11.7 Å². The Labute approximate surface area is 201 Å².